The number of non-ortho nitro benzene ring substituents is 1. The van der Waals surface area contributed by atoms with E-state index in [9.17, 15) is 28.6 Å². The summed E-state index contributed by atoms with van der Waals surface area (Å²) in [6.45, 7) is 1.80. The van der Waals surface area contributed by atoms with E-state index in [4.69, 9.17) is 11.6 Å². The Labute approximate surface area is 204 Å². The lowest BCUT2D eigenvalue weighted by Crippen LogP contribution is -2.19. The number of aryl methyl sites for hydroxylation is 1. The lowest BCUT2D eigenvalue weighted by atomic mass is 10.2. The van der Waals surface area contributed by atoms with Crippen molar-refractivity contribution in [1.82, 2.24) is 0 Å². The van der Waals surface area contributed by atoms with Crippen molar-refractivity contribution < 1.29 is 18.3 Å². The number of hydrogen-bond acceptors (Lipinski definition) is 10. The van der Waals surface area contributed by atoms with Gasteiger partial charge >= 0.3 is 5.69 Å². The zero-order chi connectivity index (χ0) is 25.6. The number of hydrazone groups is 2. The molecule has 0 atom stereocenters. The maximum atomic E-state index is 13.2. The van der Waals surface area contributed by atoms with E-state index in [0.29, 0.717) is 10.7 Å². The number of benzene rings is 3. The normalized spacial score (nSPS) is 11.9. The number of rotatable bonds is 8. The van der Waals surface area contributed by atoms with E-state index in [2.05, 4.69) is 21.1 Å². The van der Waals surface area contributed by atoms with E-state index >= 15 is 0 Å². The molecule has 0 fully saturated rings. The van der Waals surface area contributed by atoms with Gasteiger partial charge in [0.1, 0.15) is 5.69 Å². The molecule has 0 heterocycles. The van der Waals surface area contributed by atoms with Crippen molar-refractivity contribution in [2.24, 2.45) is 10.2 Å². The lowest BCUT2D eigenvalue weighted by molar-refractivity contribution is -0.393. The standard InChI is InChI=1S/C21H17ClN6O6S/c1-14-2-9-18(10-3-14)35(33,34)21(26-24-16-6-4-15(22)5-7-16)13-23-25-19-11-8-17(27(29)30)12-20(19)28(31)32/h2-13,24-25H,1H3/b23-13-,26-21+. The van der Waals surface area contributed by atoms with Crippen LogP contribution in [0.25, 0.3) is 0 Å². The third-order valence-electron chi connectivity index (χ3n) is 4.49. The first-order chi connectivity index (χ1) is 16.6. The number of nitrogens with zero attached hydrogens (tertiary/aromatic N) is 4. The van der Waals surface area contributed by atoms with Crippen molar-refractivity contribution in [3.63, 3.8) is 0 Å². The molecular formula is C21H17ClN6O6S. The maximum absolute atomic E-state index is 13.2. The van der Waals surface area contributed by atoms with Gasteiger partial charge in [0.05, 0.1) is 32.7 Å². The number of hydrogen-bond donors (Lipinski definition) is 2. The number of nitro groups is 2. The molecule has 0 aromatic heterocycles. The van der Waals surface area contributed by atoms with Gasteiger partial charge in [0.25, 0.3) is 5.69 Å². The SMILES string of the molecule is Cc1ccc(S(=O)(=O)C(/C=N\Nc2ccc([N+](=O)[O-])cc2[N+](=O)[O-])=N/Nc2ccc(Cl)cc2)cc1. The van der Waals surface area contributed by atoms with Crippen LogP contribution >= 0.6 is 11.6 Å². The minimum Gasteiger partial charge on any atom is -0.277 e. The van der Waals surface area contributed by atoms with Crippen LogP contribution in [0.2, 0.25) is 5.02 Å². The molecule has 0 saturated heterocycles. The molecule has 3 aromatic carbocycles. The van der Waals surface area contributed by atoms with Crippen molar-refractivity contribution in [3.05, 3.63) is 97.5 Å². The first-order valence-electron chi connectivity index (χ1n) is 9.71. The van der Waals surface area contributed by atoms with Crippen molar-refractivity contribution in [1.29, 1.82) is 0 Å². The lowest BCUT2D eigenvalue weighted by Gasteiger charge is -2.07. The average molecular weight is 517 g/mol. The molecule has 2 N–H and O–H groups in total. The largest absolute Gasteiger partial charge is 0.301 e. The fraction of sp³-hybridized carbons (Fsp3) is 0.0476. The van der Waals surface area contributed by atoms with Crippen LogP contribution in [0.4, 0.5) is 22.7 Å². The van der Waals surface area contributed by atoms with E-state index in [1.54, 1.807) is 43.3 Å². The third kappa shape index (κ3) is 6.37. The second-order valence-electron chi connectivity index (χ2n) is 6.97. The van der Waals surface area contributed by atoms with E-state index < -0.39 is 36.1 Å². The third-order valence-corrected chi connectivity index (χ3v) is 6.39. The zero-order valence-corrected chi connectivity index (χ0v) is 19.5. The Morgan fingerprint density at radius 1 is 0.943 bits per heavy atom. The van der Waals surface area contributed by atoms with E-state index in [0.717, 1.165) is 30.0 Å². The summed E-state index contributed by atoms with van der Waals surface area (Å²) >= 11 is 5.85. The van der Waals surface area contributed by atoms with Crippen molar-refractivity contribution in [3.8, 4) is 0 Å². The van der Waals surface area contributed by atoms with Gasteiger partial charge in [0.15, 0.2) is 5.04 Å². The summed E-state index contributed by atoms with van der Waals surface area (Å²) in [5.41, 5.74) is 4.96. The number of nitrogens with one attached hydrogen (secondary N) is 2. The molecule has 12 nitrogen and oxygen atoms in total. The minimum atomic E-state index is -4.15. The van der Waals surface area contributed by atoms with Crippen molar-refractivity contribution in [2.45, 2.75) is 11.8 Å². The summed E-state index contributed by atoms with van der Waals surface area (Å²) < 4.78 is 26.3. The van der Waals surface area contributed by atoms with Crippen LogP contribution in [0.1, 0.15) is 5.56 Å². The fourth-order valence-electron chi connectivity index (χ4n) is 2.68. The van der Waals surface area contributed by atoms with Crippen LogP contribution in [0.15, 0.2) is 81.8 Å². The number of nitro benzene ring substituents is 2. The Kier molecular flexibility index (Phi) is 7.73. The molecule has 0 aliphatic rings. The topological polar surface area (TPSA) is 169 Å². The predicted molar refractivity (Wildman–Crippen MR) is 133 cm³/mol. The van der Waals surface area contributed by atoms with Crippen molar-refractivity contribution in [2.75, 3.05) is 10.9 Å². The van der Waals surface area contributed by atoms with E-state index in [1.807, 2.05) is 0 Å². The van der Waals surface area contributed by atoms with E-state index in [-0.39, 0.29) is 10.6 Å². The highest BCUT2D eigenvalue weighted by molar-refractivity contribution is 8.08. The molecule has 0 radical (unpaired) electrons. The summed E-state index contributed by atoms with van der Waals surface area (Å²) in [6.07, 6.45) is 0.864. The Balaban J connectivity index is 1.95. The predicted octanol–water partition coefficient (Wildman–Crippen LogP) is 4.76. The van der Waals surface area contributed by atoms with Crippen LogP contribution in [-0.4, -0.2) is 29.5 Å². The fourth-order valence-corrected chi connectivity index (χ4v) is 3.90. The van der Waals surface area contributed by atoms with Gasteiger partial charge in [-0.2, -0.15) is 10.2 Å². The second-order valence-corrected chi connectivity index (χ2v) is 9.30. The summed E-state index contributed by atoms with van der Waals surface area (Å²) in [6, 6.07) is 15.3. The average Bonchev–Trinajstić information content (AvgIpc) is 2.82. The van der Waals surface area contributed by atoms with Crippen LogP contribution in [0.3, 0.4) is 0 Å². The minimum absolute atomic E-state index is 0.0486. The Bertz CT molecular complexity index is 1420. The highest BCUT2D eigenvalue weighted by atomic mass is 35.5. The number of halogens is 1. The molecule has 3 aromatic rings. The molecule has 0 spiro atoms. The molecule has 0 unspecified atom stereocenters. The monoisotopic (exact) mass is 516 g/mol. The summed E-state index contributed by atoms with van der Waals surface area (Å²) in [5.74, 6) is 0. The smallest absolute Gasteiger partial charge is 0.277 e. The molecule has 0 aliphatic carbocycles. The first-order valence-corrected chi connectivity index (χ1v) is 11.6. The van der Waals surface area contributed by atoms with Gasteiger partial charge in [0, 0.05) is 11.1 Å². The highest BCUT2D eigenvalue weighted by Crippen LogP contribution is 2.29. The van der Waals surface area contributed by atoms with Gasteiger partial charge in [-0.15, -0.1) is 0 Å². The molecule has 35 heavy (non-hydrogen) atoms. The summed E-state index contributed by atoms with van der Waals surface area (Å²) in [4.78, 5) is 20.5. The van der Waals surface area contributed by atoms with Gasteiger partial charge in [-0.3, -0.25) is 31.1 Å². The molecule has 0 saturated carbocycles. The molecule has 0 bridgehead atoms. The van der Waals surface area contributed by atoms with Crippen LogP contribution in [-0.2, 0) is 9.84 Å². The van der Waals surface area contributed by atoms with Crippen LogP contribution in [0.5, 0.6) is 0 Å². The molecule has 14 heteroatoms. The second kappa shape index (κ2) is 10.7. The Hall–Kier alpha value is -4.36. The van der Waals surface area contributed by atoms with Crippen LogP contribution in [0, 0.1) is 27.2 Å². The van der Waals surface area contributed by atoms with Crippen molar-refractivity contribution >= 4 is 55.4 Å². The van der Waals surface area contributed by atoms with Gasteiger partial charge in [-0.05, 0) is 49.4 Å². The zero-order valence-electron chi connectivity index (χ0n) is 18.0. The molecule has 0 amide bonds. The molecule has 0 aliphatic heterocycles. The molecule has 3 rings (SSSR count). The van der Waals surface area contributed by atoms with Gasteiger partial charge in [-0.25, -0.2) is 8.42 Å². The first kappa shape index (κ1) is 25.3. The Morgan fingerprint density at radius 2 is 1.60 bits per heavy atom. The molecule has 180 valence electrons. The van der Waals surface area contributed by atoms with Gasteiger partial charge < -0.3 is 0 Å². The van der Waals surface area contributed by atoms with Gasteiger partial charge in [0.2, 0.25) is 9.84 Å². The summed E-state index contributed by atoms with van der Waals surface area (Å²) in [7, 11) is -4.15. The van der Waals surface area contributed by atoms with Gasteiger partial charge in [-0.1, -0.05) is 29.3 Å². The highest BCUT2D eigenvalue weighted by Gasteiger charge is 2.23. The van der Waals surface area contributed by atoms with E-state index in [1.165, 1.54) is 12.1 Å². The maximum Gasteiger partial charge on any atom is 0.301 e. The quantitative estimate of drug-likeness (QED) is 0.187. The Morgan fingerprint density at radius 3 is 2.20 bits per heavy atom. The summed E-state index contributed by atoms with van der Waals surface area (Å²) in [5, 5.41) is 29.9. The number of anilines is 2. The number of sulfone groups is 1. The molecular weight excluding hydrogens is 500 g/mol. The van der Waals surface area contributed by atoms with Crippen LogP contribution < -0.4 is 10.9 Å².